The molecule has 1 rings (SSSR count). The molecule has 0 radical (unpaired) electrons. The minimum atomic E-state index is -0.643. The SMILES string of the molecule is COC(=O)C(C)COc1ccc(C#N)c(F)c1. The number of halogens is 1. The molecular weight excluding hydrogens is 225 g/mol. The first-order chi connectivity index (χ1) is 8.08. The van der Waals surface area contributed by atoms with Gasteiger partial charge in [-0.25, -0.2) is 4.39 Å². The lowest BCUT2D eigenvalue weighted by atomic mass is 10.2. The number of hydrogen-bond donors (Lipinski definition) is 0. The largest absolute Gasteiger partial charge is 0.493 e. The van der Waals surface area contributed by atoms with Crippen LogP contribution in [0, 0.1) is 23.1 Å². The molecule has 0 aliphatic rings. The van der Waals surface area contributed by atoms with Gasteiger partial charge in [0.1, 0.15) is 24.2 Å². The van der Waals surface area contributed by atoms with Crippen LogP contribution in [-0.4, -0.2) is 19.7 Å². The van der Waals surface area contributed by atoms with E-state index in [4.69, 9.17) is 10.00 Å². The highest BCUT2D eigenvalue weighted by molar-refractivity contribution is 5.71. The molecule has 1 aromatic carbocycles. The topological polar surface area (TPSA) is 59.3 Å². The van der Waals surface area contributed by atoms with Crippen molar-refractivity contribution in [3.8, 4) is 11.8 Å². The molecule has 90 valence electrons. The summed E-state index contributed by atoms with van der Waals surface area (Å²) >= 11 is 0. The molecule has 0 heterocycles. The molecule has 17 heavy (non-hydrogen) atoms. The number of carbonyl (C=O) groups is 1. The number of nitriles is 1. The maximum Gasteiger partial charge on any atom is 0.311 e. The molecule has 1 unspecified atom stereocenters. The normalized spacial score (nSPS) is 11.4. The number of methoxy groups -OCH3 is 1. The van der Waals surface area contributed by atoms with E-state index >= 15 is 0 Å². The van der Waals surface area contributed by atoms with Gasteiger partial charge in [0.05, 0.1) is 18.6 Å². The maximum atomic E-state index is 13.2. The Bertz CT molecular complexity index is 454. The third-order valence-electron chi connectivity index (χ3n) is 2.16. The Morgan fingerprint density at radius 1 is 1.59 bits per heavy atom. The van der Waals surface area contributed by atoms with Gasteiger partial charge in [0.15, 0.2) is 0 Å². The van der Waals surface area contributed by atoms with E-state index in [1.54, 1.807) is 13.0 Å². The molecule has 0 aliphatic carbocycles. The Morgan fingerprint density at radius 2 is 2.29 bits per heavy atom. The molecule has 4 nitrogen and oxygen atoms in total. The highest BCUT2D eigenvalue weighted by atomic mass is 19.1. The van der Waals surface area contributed by atoms with Crippen molar-refractivity contribution in [2.45, 2.75) is 6.92 Å². The van der Waals surface area contributed by atoms with Gasteiger partial charge in [0, 0.05) is 6.07 Å². The van der Waals surface area contributed by atoms with Crippen molar-refractivity contribution in [3.63, 3.8) is 0 Å². The molecule has 0 bridgehead atoms. The number of benzene rings is 1. The lowest BCUT2D eigenvalue weighted by Gasteiger charge is -2.11. The summed E-state index contributed by atoms with van der Waals surface area (Å²) in [4.78, 5) is 11.1. The second kappa shape index (κ2) is 5.85. The second-order valence-corrected chi connectivity index (χ2v) is 3.49. The zero-order valence-electron chi connectivity index (χ0n) is 9.57. The predicted molar refractivity (Wildman–Crippen MR) is 57.8 cm³/mol. The van der Waals surface area contributed by atoms with Crippen LogP contribution in [0.25, 0.3) is 0 Å². The smallest absolute Gasteiger partial charge is 0.311 e. The molecule has 0 N–H and O–H groups in total. The van der Waals surface area contributed by atoms with Crippen molar-refractivity contribution in [2.24, 2.45) is 5.92 Å². The Balaban J connectivity index is 2.62. The maximum absolute atomic E-state index is 13.2. The number of rotatable bonds is 4. The quantitative estimate of drug-likeness (QED) is 0.750. The third-order valence-corrected chi connectivity index (χ3v) is 2.16. The van der Waals surface area contributed by atoms with E-state index in [1.165, 1.54) is 19.2 Å². The van der Waals surface area contributed by atoms with Crippen molar-refractivity contribution in [3.05, 3.63) is 29.6 Å². The molecule has 5 heteroatoms. The van der Waals surface area contributed by atoms with Crippen molar-refractivity contribution in [2.75, 3.05) is 13.7 Å². The minimum Gasteiger partial charge on any atom is -0.493 e. The first-order valence-electron chi connectivity index (χ1n) is 4.98. The van der Waals surface area contributed by atoms with E-state index in [-0.39, 0.29) is 23.9 Å². The van der Waals surface area contributed by atoms with E-state index in [1.807, 2.05) is 0 Å². The molecule has 1 aromatic rings. The molecular formula is C12H12FNO3. The summed E-state index contributed by atoms with van der Waals surface area (Å²) in [5, 5.41) is 8.54. The van der Waals surface area contributed by atoms with Crippen molar-refractivity contribution in [1.29, 1.82) is 5.26 Å². The van der Waals surface area contributed by atoms with Crippen LogP contribution >= 0.6 is 0 Å². The first kappa shape index (κ1) is 13.0. The van der Waals surface area contributed by atoms with Gasteiger partial charge < -0.3 is 9.47 Å². The fourth-order valence-electron chi connectivity index (χ4n) is 1.17. The summed E-state index contributed by atoms with van der Waals surface area (Å²) in [6, 6.07) is 5.63. The molecule has 0 aliphatic heterocycles. The zero-order chi connectivity index (χ0) is 12.8. The number of esters is 1. The molecule has 0 spiro atoms. The molecule has 0 amide bonds. The standard InChI is InChI=1S/C12H12FNO3/c1-8(12(15)16-2)7-17-10-4-3-9(6-14)11(13)5-10/h3-5,8H,7H2,1-2H3. The van der Waals surface area contributed by atoms with Crippen LogP contribution in [0.1, 0.15) is 12.5 Å². The van der Waals surface area contributed by atoms with Crippen molar-refractivity contribution < 1.29 is 18.7 Å². The van der Waals surface area contributed by atoms with Crippen LogP contribution in [-0.2, 0) is 9.53 Å². The van der Waals surface area contributed by atoms with Gasteiger partial charge in [-0.3, -0.25) is 4.79 Å². The van der Waals surface area contributed by atoms with E-state index in [9.17, 15) is 9.18 Å². The van der Waals surface area contributed by atoms with Crippen LogP contribution in [0.15, 0.2) is 18.2 Å². The average molecular weight is 237 g/mol. The summed E-state index contributed by atoms with van der Waals surface area (Å²) in [5.74, 6) is -1.19. The fraction of sp³-hybridized carbons (Fsp3) is 0.333. The lowest BCUT2D eigenvalue weighted by Crippen LogP contribution is -2.20. The van der Waals surface area contributed by atoms with E-state index < -0.39 is 11.7 Å². The van der Waals surface area contributed by atoms with Gasteiger partial charge in [-0.15, -0.1) is 0 Å². The zero-order valence-corrected chi connectivity index (χ0v) is 9.57. The monoisotopic (exact) mass is 237 g/mol. The summed E-state index contributed by atoms with van der Waals surface area (Å²) in [5.41, 5.74) is -0.0432. The predicted octanol–water partition coefficient (Wildman–Crippen LogP) is 1.89. The molecule has 0 saturated heterocycles. The Kier molecular flexibility index (Phi) is 4.46. The number of ether oxygens (including phenoxy) is 2. The van der Waals surface area contributed by atoms with E-state index in [0.29, 0.717) is 0 Å². The molecule has 0 saturated carbocycles. The Hall–Kier alpha value is -2.09. The Morgan fingerprint density at radius 3 is 2.82 bits per heavy atom. The van der Waals surface area contributed by atoms with Crippen LogP contribution in [0.2, 0.25) is 0 Å². The van der Waals surface area contributed by atoms with Crippen molar-refractivity contribution >= 4 is 5.97 Å². The number of hydrogen-bond acceptors (Lipinski definition) is 4. The average Bonchev–Trinajstić information content (AvgIpc) is 2.35. The molecule has 1 atom stereocenters. The first-order valence-corrected chi connectivity index (χ1v) is 4.98. The van der Waals surface area contributed by atoms with Crippen LogP contribution in [0.3, 0.4) is 0 Å². The number of carbonyl (C=O) groups excluding carboxylic acids is 1. The minimum absolute atomic E-state index is 0.0432. The van der Waals surface area contributed by atoms with Gasteiger partial charge in [0.2, 0.25) is 0 Å². The number of nitrogens with zero attached hydrogens (tertiary/aromatic N) is 1. The van der Waals surface area contributed by atoms with Crippen LogP contribution in [0.4, 0.5) is 4.39 Å². The second-order valence-electron chi connectivity index (χ2n) is 3.49. The third kappa shape index (κ3) is 3.45. The highest BCUT2D eigenvalue weighted by Gasteiger charge is 2.14. The summed E-state index contributed by atoms with van der Waals surface area (Å²) in [7, 11) is 1.29. The van der Waals surface area contributed by atoms with E-state index in [0.717, 1.165) is 6.07 Å². The Labute approximate surface area is 98.6 Å². The van der Waals surface area contributed by atoms with Crippen LogP contribution < -0.4 is 4.74 Å². The van der Waals surface area contributed by atoms with Crippen molar-refractivity contribution in [1.82, 2.24) is 0 Å². The lowest BCUT2D eigenvalue weighted by molar-refractivity contribution is -0.145. The highest BCUT2D eigenvalue weighted by Crippen LogP contribution is 2.16. The summed E-state index contributed by atoms with van der Waals surface area (Å²) in [6.07, 6.45) is 0. The van der Waals surface area contributed by atoms with Gasteiger partial charge in [-0.05, 0) is 19.1 Å². The fourth-order valence-corrected chi connectivity index (χ4v) is 1.17. The molecule has 0 fully saturated rings. The van der Waals surface area contributed by atoms with Crippen LogP contribution in [0.5, 0.6) is 5.75 Å². The van der Waals surface area contributed by atoms with E-state index in [2.05, 4.69) is 4.74 Å². The molecule has 0 aromatic heterocycles. The van der Waals surface area contributed by atoms with Gasteiger partial charge in [-0.1, -0.05) is 0 Å². The van der Waals surface area contributed by atoms with Gasteiger partial charge >= 0.3 is 5.97 Å². The van der Waals surface area contributed by atoms with Gasteiger partial charge in [0.25, 0.3) is 0 Å². The summed E-state index contributed by atoms with van der Waals surface area (Å²) in [6.45, 7) is 1.74. The van der Waals surface area contributed by atoms with Gasteiger partial charge in [-0.2, -0.15) is 5.26 Å². The summed E-state index contributed by atoms with van der Waals surface area (Å²) < 4.78 is 23.0.